The van der Waals surface area contributed by atoms with Crippen LogP contribution in [0.1, 0.15) is 22.7 Å². The first kappa shape index (κ1) is 14.1. The van der Waals surface area contributed by atoms with Gasteiger partial charge in [0.2, 0.25) is 0 Å². The molecule has 21 heavy (non-hydrogen) atoms. The van der Waals surface area contributed by atoms with Crippen molar-refractivity contribution in [3.8, 4) is 0 Å². The van der Waals surface area contributed by atoms with E-state index in [1.54, 1.807) is 0 Å². The van der Waals surface area contributed by atoms with Crippen LogP contribution in [0.4, 0.5) is 0 Å². The van der Waals surface area contributed by atoms with E-state index in [9.17, 15) is 0 Å². The van der Waals surface area contributed by atoms with E-state index in [0.717, 1.165) is 27.8 Å². The average Bonchev–Trinajstić information content (AvgIpc) is 2.48. The van der Waals surface area contributed by atoms with E-state index in [1.165, 1.54) is 11.1 Å². The molecule has 2 heteroatoms. The summed E-state index contributed by atoms with van der Waals surface area (Å²) < 4.78 is 0. The van der Waals surface area contributed by atoms with Gasteiger partial charge in [-0.2, -0.15) is 0 Å². The van der Waals surface area contributed by atoms with Gasteiger partial charge in [0.15, 0.2) is 0 Å². The molecule has 0 aromatic heterocycles. The van der Waals surface area contributed by atoms with Crippen LogP contribution in [0.15, 0.2) is 60.7 Å². The molecule has 0 saturated carbocycles. The van der Waals surface area contributed by atoms with E-state index < -0.39 is 0 Å². The van der Waals surface area contributed by atoms with Gasteiger partial charge >= 0.3 is 0 Å². The summed E-state index contributed by atoms with van der Waals surface area (Å²) in [4.78, 5) is 0. The van der Waals surface area contributed by atoms with Crippen LogP contribution in [-0.2, 0) is 6.42 Å². The molecular formula is C19H18ClN. The molecule has 3 aromatic rings. The summed E-state index contributed by atoms with van der Waals surface area (Å²) >= 11 is 6.27. The molecule has 0 fully saturated rings. The van der Waals surface area contributed by atoms with E-state index in [4.69, 9.17) is 17.3 Å². The van der Waals surface area contributed by atoms with E-state index >= 15 is 0 Å². The molecule has 0 bridgehead atoms. The highest BCUT2D eigenvalue weighted by atomic mass is 35.5. The van der Waals surface area contributed by atoms with Crippen molar-refractivity contribution in [3.63, 3.8) is 0 Å². The van der Waals surface area contributed by atoms with Crippen molar-refractivity contribution in [2.75, 3.05) is 0 Å². The SMILES string of the molecule is Cc1cccc(CC(N)c2ccc(Cl)c3ccccc23)c1. The van der Waals surface area contributed by atoms with Gasteiger partial charge in [-0.05, 0) is 35.9 Å². The lowest BCUT2D eigenvalue weighted by Crippen LogP contribution is -2.14. The normalized spacial score (nSPS) is 12.5. The summed E-state index contributed by atoms with van der Waals surface area (Å²) in [5, 5.41) is 2.98. The Kier molecular flexibility index (Phi) is 3.96. The molecule has 2 N–H and O–H groups in total. The first-order chi connectivity index (χ1) is 10.1. The first-order valence-electron chi connectivity index (χ1n) is 7.13. The van der Waals surface area contributed by atoms with Crippen molar-refractivity contribution in [1.29, 1.82) is 0 Å². The van der Waals surface area contributed by atoms with Crippen LogP contribution in [0.5, 0.6) is 0 Å². The predicted molar refractivity (Wildman–Crippen MR) is 90.8 cm³/mol. The van der Waals surface area contributed by atoms with Crippen LogP contribution in [0, 0.1) is 6.92 Å². The third-order valence-corrected chi connectivity index (χ3v) is 4.17. The molecule has 1 unspecified atom stereocenters. The number of nitrogens with two attached hydrogens (primary N) is 1. The lowest BCUT2D eigenvalue weighted by molar-refractivity contribution is 0.727. The number of rotatable bonds is 3. The van der Waals surface area contributed by atoms with E-state index in [0.29, 0.717) is 0 Å². The van der Waals surface area contributed by atoms with Crippen LogP contribution in [0.25, 0.3) is 10.8 Å². The summed E-state index contributed by atoms with van der Waals surface area (Å²) in [5.41, 5.74) is 10.1. The molecule has 3 aromatic carbocycles. The molecule has 0 saturated heterocycles. The molecule has 0 spiro atoms. The average molecular weight is 296 g/mol. The molecule has 0 radical (unpaired) electrons. The summed E-state index contributed by atoms with van der Waals surface area (Å²) in [6.45, 7) is 2.10. The van der Waals surface area contributed by atoms with Gasteiger partial charge in [0.25, 0.3) is 0 Å². The second-order valence-electron chi connectivity index (χ2n) is 5.48. The molecule has 1 nitrogen and oxygen atoms in total. The Morgan fingerprint density at radius 1 is 0.952 bits per heavy atom. The summed E-state index contributed by atoms with van der Waals surface area (Å²) in [5.74, 6) is 0. The van der Waals surface area contributed by atoms with Crippen molar-refractivity contribution < 1.29 is 0 Å². The minimum absolute atomic E-state index is 0.0334. The molecule has 1 atom stereocenters. The fourth-order valence-corrected chi connectivity index (χ4v) is 3.04. The van der Waals surface area contributed by atoms with Gasteiger partial charge in [0, 0.05) is 16.5 Å². The molecule has 0 aliphatic rings. The van der Waals surface area contributed by atoms with Crippen molar-refractivity contribution in [2.45, 2.75) is 19.4 Å². The highest BCUT2D eigenvalue weighted by molar-refractivity contribution is 6.35. The molecule has 0 amide bonds. The lowest BCUT2D eigenvalue weighted by Gasteiger charge is -2.16. The van der Waals surface area contributed by atoms with Gasteiger partial charge in [-0.1, -0.05) is 71.8 Å². The monoisotopic (exact) mass is 295 g/mol. The quantitative estimate of drug-likeness (QED) is 0.719. The fraction of sp³-hybridized carbons (Fsp3) is 0.158. The number of hydrogen-bond acceptors (Lipinski definition) is 1. The fourth-order valence-electron chi connectivity index (χ4n) is 2.81. The smallest absolute Gasteiger partial charge is 0.0484 e. The molecule has 0 aliphatic carbocycles. The molecule has 106 valence electrons. The maximum Gasteiger partial charge on any atom is 0.0484 e. The van der Waals surface area contributed by atoms with Gasteiger partial charge in [-0.3, -0.25) is 0 Å². The zero-order chi connectivity index (χ0) is 14.8. The largest absolute Gasteiger partial charge is 0.324 e. The van der Waals surface area contributed by atoms with E-state index in [-0.39, 0.29) is 6.04 Å². The van der Waals surface area contributed by atoms with Gasteiger partial charge in [0.1, 0.15) is 0 Å². The van der Waals surface area contributed by atoms with Crippen molar-refractivity contribution >= 4 is 22.4 Å². The summed E-state index contributed by atoms with van der Waals surface area (Å²) in [6, 6.07) is 20.6. The molecule has 0 aliphatic heterocycles. The lowest BCUT2D eigenvalue weighted by atomic mass is 9.94. The topological polar surface area (TPSA) is 26.0 Å². The van der Waals surface area contributed by atoms with Crippen LogP contribution in [0.3, 0.4) is 0 Å². The molecular weight excluding hydrogens is 278 g/mol. The third kappa shape index (κ3) is 2.94. The van der Waals surface area contributed by atoms with Gasteiger partial charge in [-0.15, -0.1) is 0 Å². The zero-order valence-electron chi connectivity index (χ0n) is 12.0. The van der Waals surface area contributed by atoms with Crippen molar-refractivity contribution in [2.24, 2.45) is 5.73 Å². The van der Waals surface area contributed by atoms with Gasteiger partial charge < -0.3 is 5.73 Å². The van der Waals surface area contributed by atoms with Crippen molar-refractivity contribution in [1.82, 2.24) is 0 Å². The zero-order valence-corrected chi connectivity index (χ0v) is 12.8. The minimum atomic E-state index is -0.0334. The summed E-state index contributed by atoms with van der Waals surface area (Å²) in [7, 11) is 0. The molecule has 0 heterocycles. The Labute approximate surface area is 130 Å². The summed E-state index contributed by atoms with van der Waals surface area (Å²) in [6.07, 6.45) is 0.827. The second kappa shape index (κ2) is 5.88. The van der Waals surface area contributed by atoms with Crippen molar-refractivity contribution in [3.05, 3.63) is 82.4 Å². The number of benzene rings is 3. The van der Waals surface area contributed by atoms with Crippen LogP contribution in [0.2, 0.25) is 5.02 Å². The number of hydrogen-bond donors (Lipinski definition) is 1. The predicted octanol–water partition coefficient (Wildman–Crippen LogP) is 5.04. The number of fused-ring (bicyclic) bond motifs is 1. The van der Waals surface area contributed by atoms with E-state index in [1.807, 2.05) is 30.3 Å². The Bertz CT molecular complexity index is 779. The molecule has 3 rings (SSSR count). The Morgan fingerprint density at radius 3 is 2.48 bits per heavy atom. The van der Waals surface area contributed by atoms with E-state index in [2.05, 4.69) is 37.3 Å². The standard InChI is InChI=1S/C19H18ClN/c1-13-5-4-6-14(11-13)12-19(21)17-9-10-18(20)16-8-3-2-7-15(16)17/h2-11,19H,12,21H2,1H3. The minimum Gasteiger partial charge on any atom is -0.324 e. The Balaban J connectivity index is 1.98. The Morgan fingerprint density at radius 2 is 1.71 bits per heavy atom. The third-order valence-electron chi connectivity index (χ3n) is 3.84. The first-order valence-corrected chi connectivity index (χ1v) is 7.51. The highest BCUT2D eigenvalue weighted by Gasteiger charge is 2.12. The van der Waals surface area contributed by atoms with Crippen LogP contribution < -0.4 is 5.73 Å². The second-order valence-corrected chi connectivity index (χ2v) is 5.89. The maximum absolute atomic E-state index is 6.45. The number of aryl methyl sites for hydroxylation is 1. The maximum atomic E-state index is 6.45. The van der Waals surface area contributed by atoms with Crippen LogP contribution in [-0.4, -0.2) is 0 Å². The van der Waals surface area contributed by atoms with Gasteiger partial charge in [-0.25, -0.2) is 0 Å². The number of halogens is 1. The Hall–Kier alpha value is -1.83. The highest BCUT2D eigenvalue weighted by Crippen LogP contribution is 2.30. The van der Waals surface area contributed by atoms with Gasteiger partial charge in [0.05, 0.1) is 0 Å². The van der Waals surface area contributed by atoms with Crippen LogP contribution >= 0.6 is 11.6 Å².